The number of nitriles is 1. The molecule has 0 spiro atoms. The summed E-state index contributed by atoms with van der Waals surface area (Å²) < 4.78 is 44.6. The number of hydrogen-bond donors (Lipinski definition) is 1. The maximum Gasteiger partial charge on any atom is 0.416 e. The molecule has 4 nitrogen and oxygen atoms in total. The number of alkyl halides is 3. The second-order valence-corrected chi connectivity index (χ2v) is 7.93. The van der Waals surface area contributed by atoms with Crippen LogP contribution in [0, 0.1) is 11.3 Å². The minimum absolute atomic E-state index is 0.106. The van der Waals surface area contributed by atoms with Crippen molar-refractivity contribution in [2.45, 2.75) is 32.5 Å². The Morgan fingerprint density at radius 3 is 2.41 bits per heavy atom. The zero-order chi connectivity index (χ0) is 24.7. The fourth-order valence-corrected chi connectivity index (χ4v) is 3.18. The van der Waals surface area contributed by atoms with E-state index in [1.54, 1.807) is 36.4 Å². The second-order valence-electron chi connectivity index (χ2n) is 7.93. The molecule has 0 fully saturated rings. The average molecular weight is 464 g/mol. The van der Waals surface area contributed by atoms with Gasteiger partial charge in [-0.05, 0) is 53.5 Å². The van der Waals surface area contributed by atoms with Crippen LogP contribution in [0.2, 0.25) is 0 Å². The summed E-state index contributed by atoms with van der Waals surface area (Å²) in [7, 11) is 0. The first-order chi connectivity index (χ1) is 16.2. The molecule has 0 radical (unpaired) electrons. The number of halogens is 3. The van der Waals surface area contributed by atoms with E-state index in [-0.39, 0.29) is 12.2 Å². The Balaban J connectivity index is 1.76. The van der Waals surface area contributed by atoms with Crippen LogP contribution in [0.5, 0.6) is 5.75 Å². The maximum absolute atomic E-state index is 12.9. The summed E-state index contributed by atoms with van der Waals surface area (Å²) in [5.41, 5.74) is 1.59. The van der Waals surface area contributed by atoms with Gasteiger partial charge in [0.2, 0.25) is 0 Å². The quantitative estimate of drug-likeness (QED) is 0.304. The van der Waals surface area contributed by atoms with Crippen LogP contribution in [-0.2, 0) is 17.6 Å². The van der Waals surface area contributed by atoms with Gasteiger partial charge in [-0.2, -0.15) is 18.4 Å². The van der Waals surface area contributed by atoms with Crippen LogP contribution < -0.4 is 10.1 Å². The third kappa shape index (κ3) is 6.48. The van der Waals surface area contributed by atoms with Crippen LogP contribution in [0.15, 0.2) is 78.4 Å². The summed E-state index contributed by atoms with van der Waals surface area (Å²) in [6, 6.07) is 20.8. The van der Waals surface area contributed by atoms with Crippen LogP contribution >= 0.6 is 0 Å². The van der Waals surface area contributed by atoms with Crippen LogP contribution in [0.4, 0.5) is 18.9 Å². The highest BCUT2D eigenvalue weighted by Crippen LogP contribution is 2.30. The Morgan fingerprint density at radius 1 is 1.06 bits per heavy atom. The lowest BCUT2D eigenvalue weighted by Crippen LogP contribution is -2.13. The molecule has 0 aliphatic rings. The summed E-state index contributed by atoms with van der Waals surface area (Å²) in [6.07, 6.45) is -3.06. The Morgan fingerprint density at radius 2 is 1.76 bits per heavy atom. The molecule has 7 heteroatoms. The fourth-order valence-electron chi connectivity index (χ4n) is 3.18. The van der Waals surface area contributed by atoms with Gasteiger partial charge in [-0.1, -0.05) is 56.3 Å². The summed E-state index contributed by atoms with van der Waals surface area (Å²) in [4.78, 5) is 12.6. The first kappa shape index (κ1) is 24.6. The maximum atomic E-state index is 12.9. The van der Waals surface area contributed by atoms with Crippen molar-refractivity contribution < 1.29 is 22.7 Å². The van der Waals surface area contributed by atoms with E-state index in [0.717, 1.165) is 17.7 Å². The number of amides is 1. The number of hydrogen-bond acceptors (Lipinski definition) is 3. The van der Waals surface area contributed by atoms with E-state index in [4.69, 9.17) is 4.74 Å². The summed E-state index contributed by atoms with van der Waals surface area (Å²) in [5.74, 6) is 0.112. The predicted molar refractivity (Wildman–Crippen MR) is 125 cm³/mol. The van der Waals surface area contributed by atoms with Gasteiger partial charge in [0.1, 0.15) is 24.0 Å². The van der Waals surface area contributed by atoms with E-state index in [1.807, 2.05) is 18.2 Å². The summed E-state index contributed by atoms with van der Waals surface area (Å²) >= 11 is 0. The van der Waals surface area contributed by atoms with Gasteiger partial charge in [0.05, 0.1) is 5.56 Å². The van der Waals surface area contributed by atoms with E-state index in [1.165, 1.54) is 18.2 Å². The third-order valence-electron chi connectivity index (χ3n) is 5.07. The minimum Gasteiger partial charge on any atom is -0.488 e. The summed E-state index contributed by atoms with van der Waals surface area (Å²) in [5, 5.41) is 12.2. The largest absolute Gasteiger partial charge is 0.488 e. The summed E-state index contributed by atoms with van der Waals surface area (Å²) in [6.45, 7) is 4.03. The molecule has 0 saturated heterocycles. The van der Waals surface area contributed by atoms with Crippen LogP contribution in [0.1, 0.15) is 42.0 Å². The molecule has 174 valence electrons. The Labute approximate surface area is 196 Å². The number of ether oxygens (including phenoxy) is 1. The third-order valence-corrected chi connectivity index (χ3v) is 5.07. The molecule has 0 bridgehead atoms. The van der Waals surface area contributed by atoms with Gasteiger partial charge in [0.15, 0.2) is 0 Å². The molecule has 3 aromatic carbocycles. The van der Waals surface area contributed by atoms with Crippen molar-refractivity contribution in [1.82, 2.24) is 0 Å². The van der Waals surface area contributed by atoms with Gasteiger partial charge < -0.3 is 10.1 Å². The molecule has 0 saturated carbocycles. The van der Waals surface area contributed by atoms with Crippen LogP contribution in [0.3, 0.4) is 0 Å². The van der Waals surface area contributed by atoms with Crippen LogP contribution in [0.25, 0.3) is 6.08 Å². The number of anilines is 1. The Bertz CT molecular complexity index is 1220. The van der Waals surface area contributed by atoms with Crippen molar-refractivity contribution in [2.75, 3.05) is 5.32 Å². The molecule has 0 aromatic heterocycles. The Hall–Kier alpha value is -4.05. The lowest BCUT2D eigenvalue weighted by molar-refractivity contribution is -0.137. The van der Waals surface area contributed by atoms with Gasteiger partial charge >= 0.3 is 6.18 Å². The van der Waals surface area contributed by atoms with E-state index < -0.39 is 17.6 Å². The number of carbonyl (C=O) groups is 1. The zero-order valence-electron chi connectivity index (χ0n) is 18.7. The number of rotatable bonds is 7. The highest BCUT2D eigenvalue weighted by molar-refractivity contribution is 6.09. The molecule has 1 N–H and O–H groups in total. The van der Waals surface area contributed by atoms with Crippen molar-refractivity contribution in [1.29, 1.82) is 5.26 Å². The molecular formula is C27H23F3N2O2. The molecule has 3 aromatic rings. The number of nitrogens with zero attached hydrogens (tertiary/aromatic N) is 1. The highest BCUT2D eigenvalue weighted by Gasteiger charge is 2.30. The molecule has 1 amide bonds. The normalized spacial score (nSPS) is 11.7. The number of benzene rings is 3. The molecule has 0 atom stereocenters. The molecule has 0 aliphatic carbocycles. The molecule has 0 unspecified atom stereocenters. The predicted octanol–water partition coefficient (Wildman–Crippen LogP) is 6.95. The van der Waals surface area contributed by atoms with Gasteiger partial charge in [-0.25, -0.2) is 0 Å². The smallest absolute Gasteiger partial charge is 0.416 e. The van der Waals surface area contributed by atoms with Crippen molar-refractivity contribution in [3.05, 3.63) is 101 Å². The van der Waals surface area contributed by atoms with E-state index >= 15 is 0 Å². The standard InChI is InChI=1S/C27H23F3N2O2/c1-18(2)20-10-12-24(13-11-20)32-26(33)22(16-31)15-21-7-3-4-9-25(21)34-17-19-6-5-8-23(14-19)27(28,29)30/h3-15,18H,17H2,1-2H3,(H,32,33)/b22-15+. The topological polar surface area (TPSA) is 62.1 Å². The van der Waals surface area contributed by atoms with Gasteiger partial charge in [-0.15, -0.1) is 0 Å². The number of carbonyl (C=O) groups excluding carboxylic acids is 1. The molecule has 0 aliphatic heterocycles. The zero-order valence-corrected chi connectivity index (χ0v) is 18.7. The molecular weight excluding hydrogens is 441 g/mol. The van der Waals surface area contributed by atoms with Crippen molar-refractivity contribution >= 4 is 17.7 Å². The Kier molecular flexibility index (Phi) is 7.75. The number of nitrogens with one attached hydrogen (secondary N) is 1. The molecule has 34 heavy (non-hydrogen) atoms. The fraction of sp³-hybridized carbons (Fsp3) is 0.185. The van der Waals surface area contributed by atoms with Crippen molar-refractivity contribution in [3.8, 4) is 11.8 Å². The van der Waals surface area contributed by atoms with E-state index in [2.05, 4.69) is 19.2 Å². The molecule has 3 rings (SSSR count). The van der Waals surface area contributed by atoms with Crippen molar-refractivity contribution in [3.63, 3.8) is 0 Å². The lowest BCUT2D eigenvalue weighted by atomic mass is 10.0. The number of para-hydroxylation sites is 1. The van der Waals surface area contributed by atoms with Gasteiger partial charge in [0.25, 0.3) is 5.91 Å². The van der Waals surface area contributed by atoms with E-state index in [9.17, 15) is 23.2 Å². The first-order valence-electron chi connectivity index (χ1n) is 10.6. The van der Waals surface area contributed by atoms with Crippen LogP contribution in [-0.4, -0.2) is 5.91 Å². The SMILES string of the molecule is CC(C)c1ccc(NC(=O)/C(C#N)=C/c2ccccc2OCc2cccc(C(F)(F)F)c2)cc1. The average Bonchev–Trinajstić information content (AvgIpc) is 2.81. The monoisotopic (exact) mass is 464 g/mol. The van der Waals surface area contributed by atoms with Gasteiger partial charge in [0, 0.05) is 11.3 Å². The first-order valence-corrected chi connectivity index (χ1v) is 10.6. The van der Waals surface area contributed by atoms with Gasteiger partial charge in [-0.3, -0.25) is 4.79 Å². The van der Waals surface area contributed by atoms with E-state index in [0.29, 0.717) is 28.5 Å². The highest BCUT2D eigenvalue weighted by atomic mass is 19.4. The second kappa shape index (κ2) is 10.7. The molecule has 0 heterocycles. The lowest BCUT2D eigenvalue weighted by Gasteiger charge is -2.12. The minimum atomic E-state index is -4.44. The van der Waals surface area contributed by atoms with Crippen molar-refractivity contribution in [2.24, 2.45) is 0 Å².